The normalized spacial score (nSPS) is 22.1. The average Bonchev–Trinajstić information content (AvgIpc) is 2.64. The van der Waals surface area contributed by atoms with Gasteiger partial charge >= 0.3 is 0 Å². The molecule has 0 amide bonds. The number of alkyl halides is 1. The van der Waals surface area contributed by atoms with Crippen LogP contribution in [0.15, 0.2) is 29.2 Å². The Balaban J connectivity index is 2.20. The van der Waals surface area contributed by atoms with Crippen LogP contribution in [-0.2, 0) is 15.9 Å². The lowest BCUT2D eigenvalue weighted by molar-refractivity contribution is 0.417. The van der Waals surface area contributed by atoms with Crippen molar-refractivity contribution in [3.05, 3.63) is 29.8 Å². The predicted molar refractivity (Wildman–Crippen MR) is 77.8 cm³/mol. The molecule has 1 atom stereocenters. The number of nitrogens with zero attached hydrogens (tertiary/aromatic N) is 1. The largest absolute Gasteiger partial charge is 0.243 e. The molecule has 19 heavy (non-hydrogen) atoms. The van der Waals surface area contributed by atoms with E-state index in [0.717, 1.165) is 24.8 Å². The molecule has 0 bridgehead atoms. The smallest absolute Gasteiger partial charge is 0.207 e. The number of halogens is 1. The molecule has 0 radical (unpaired) electrons. The van der Waals surface area contributed by atoms with Crippen molar-refractivity contribution in [3.8, 4) is 0 Å². The number of benzene rings is 1. The van der Waals surface area contributed by atoms with Gasteiger partial charge in [-0.1, -0.05) is 19.1 Å². The van der Waals surface area contributed by atoms with Crippen LogP contribution in [-0.4, -0.2) is 25.8 Å². The van der Waals surface area contributed by atoms with E-state index in [0.29, 0.717) is 29.8 Å². The maximum absolute atomic E-state index is 12.5. The van der Waals surface area contributed by atoms with Gasteiger partial charge in [-0.15, -0.1) is 11.6 Å². The molecule has 1 saturated heterocycles. The van der Waals surface area contributed by atoms with Crippen LogP contribution in [0.4, 0.5) is 0 Å². The number of rotatable bonds is 3. The Morgan fingerprint density at radius 1 is 1.21 bits per heavy atom. The maximum atomic E-state index is 12.5. The van der Waals surface area contributed by atoms with Gasteiger partial charge in [0.15, 0.2) is 0 Å². The summed E-state index contributed by atoms with van der Waals surface area (Å²) in [4.78, 5) is 0.371. The number of sulfonamides is 1. The zero-order chi connectivity index (χ0) is 13.9. The van der Waals surface area contributed by atoms with Crippen LogP contribution in [0.3, 0.4) is 0 Å². The summed E-state index contributed by atoms with van der Waals surface area (Å²) < 4.78 is 26.7. The molecule has 5 heteroatoms. The van der Waals surface area contributed by atoms with Crippen molar-refractivity contribution < 1.29 is 8.42 Å². The third-order valence-corrected chi connectivity index (χ3v) is 5.91. The molecule has 1 unspecified atom stereocenters. The minimum absolute atomic E-state index is 0.371. The Bertz CT molecular complexity index is 513. The lowest BCUT2D eigenvalue weighted by Crippen LogP contribution is -2.32. The van der Waals surface area contributed by atoms with E-state index in [1.807, 2.05) is 0 Å². The maximum Gasteiger partial charge on any atom is 0.243 e. The van der Waals surface area contributed by atoms with Crippen molar-refractivity contribution in [2.75, 3.05) is 13.1 Å². The van der Waals surface area contributed by atoms with Gasteiger partial charge < -0.3 is 0 Å². The van der Waals surface area contributed by atoms with E-state index >= 15 is 0 Å². The summed E-state index contributed by atoms with van der Waals surface area (Å²) in [5.41, 5.74) is 0.935. The van der Waals surface area contributed by atoms with Crippen LogP contribution < -0.4 is 0 Å². The van der Waals surface area contributed by atoms with Crippen molar-refractivity contribution in [1.29, 1.82) is 0 Å². The summed E-state index contributed by atoms with van der Waals surface area (Å²) in [6.07, 6.45) is 3.00. The van der Waals surface area contributed by atoms with Crippen LogP contribution in [0.2, 0.25) is 0 Å². The number of hydrogen-bond donors (Lipinski definition) is 0. The second-order valence-corrected chi connectivity index (χ2v) is 7.42. The third-order valence-electron chi connectivity index (χ3n) is 3.69. The second kappa shape index (κ2) is 6.25. The van der Waals surface area contributed by atoms with Crippen LogP contribution in [0.1, 0.15) is 31.7 Å². The van der Waals surface area contributed by atoms with Gasteiger partial charge in [-0.3, -0.25) is 0 Å². The molecule has 0 spiro atoms. The van der Waals surface area contributed by atoms with Gasteiger partial charge in [0.05, 0.1) is 4.90 Å². The van der Waals surface area contributed by atoms with Gasteiger partial charge in [0.25, 0.3) is 0 Å². The Kier molecular flexibility index (Phi) is 4.87. The summed E-state index contributed by atoms with van der Waals surface area (Å²) in [6.45, 7) is 3.44. The van der Waals surface area contributed by atoms with Gasteiger partial charge in [0.2, 0.25) is 10.0 Å². The van der Waals surface area contributed by atoms with Crippen LogP contribution in [0.5, 0.6) is 0 Å². The third kappa shape index (κ3) is 3.50. The van der Waals surface area contributed by atoms with Crippen molar-refractivity contribution in [2.24, 2.45) is 5.92 Å². The van der Waals surface area contributed by atoms with E-state index in [4.69, 9.17) is 11.6 Å². The predicted octanol–water partition coefficient (Wildman–Crippen LogP) is 3.24. The molecule has 2 rings (SSSR count). The lowest BCUT2D eigenvalue weighted by Gasteiger charge is -2.20. The fraction of sp³-hybridized carbons (Fsp3) is 0.571. The molecule has 1 aliphatic heterocycles. The van der Waals surface area contributed by atoms with E-state index in [-0.39, 0.29) is 0 Å². The topological polar surface area (TPSA) is 37.4 Å². The molecule has 1 aromatic carbocycles. The van der Waals surface area contributed by atoms with Gasteiger partial charge in [0, 0.05) is 19.0 Å². The molecular weight excluding hydrogens is 282 g/mol. The molecule has 1 aliphatic rings. The van der Waals surface area contributed by atoms with Gasteiger partial charge in [-0.05, 0) is 42.9 Å². The fourth-order valence-electron chi connectivity index (χ4n) is 2.38. The minimum atomic E-state index is -3.34. The summed E-state index contributed by atoms with van der Waals surface area (Å²) >= 11 is 5.72. The van der Waals surface area contributed by atoms with Gasteiger partial charge in [0.1, 0.15) is 0 Å². The molecule has 0 N–H and O–H groups in total. The van der Waals surface area contributed by atoms with Crippen molar-refractivity contribution in [2.45, 2.75) is 37.0 Å². The first kappa shape index (κ1) is 14.8. The highest BCUT2D eigenvalue weighted by molar-refractivity contribution is 7.89. The summed E-state index contributed by atoms with van der Waals surface area (Å²) in [5, 5.41) is 0. The fourth-order valence-corrected chi connectivity index (χ4v) is 4.05. The molecule has 1 fully saturated rings. The lowest BCUT2D eigenvalue weighted by atomic mass is 10.0. The van der Waals surface area contributed by atoms with E-state index in [1.54, 1.807) is 28.6 Å². The number of hydrogen-bond acceptors (Lipinski definition) is 2. The molecule has 106 valence electrons. The molecule has 0 aromatic heterocycles. The highest BCUT2D eigenvalue weighted by Gasteiger charge is 2.26. The first-order valence-corrected chi connectivity index (χ1v) is 8.66. The highest BCUT2D eigenvalue weighted by atomic mass is 35.5. The first-order chi connectivity index (χ1) is 9.04. The summed E-state index contributed by atoms with van der Waals surface area (Å²) in [5.74, 6) is 1.01. The van der Waals surface area contributed by atoms with Crippen LogP contribution >= 0.6 is 11.6 Å². The van der Waals surface area contributed by atoms with Gasteiger partial charge in [-0.25, -0.2) is 8.42 Å². The molecule has 1 heterocycles. The molecular formula is C14H20ClNO2S. The van der Waals surface area contributed by atoms with Crippen LogP contribution in [0.25, 0.3) is 0 Å². The SMILES string of the molecule is CC1CCCN(S(=O)(=O)c2ccc(CCl)cc2)CC1. The van der Waals surface area contributed by atoms with Crippen molar-refractivity contribution in [3.63, 3.8) is 0 Å². The minimum Gasteiger partial charge on any atom is -0.207 e. The Morgan fingerprint density at radius 3 is 2.53 bits per heavy atom. The van der Waals surface area contributed by atoms with Crippen molar-refractivity contribution >= 4 is 21.6 Å². The second-order valence-electron chi connectivity index (χ2n) is 5.22. The van der Waals surface area contributed by atoms with E-state index in [2.05, 4.69) is 6.92 Å². The van der Waals surface area contributed by atoms with E-state index < -0.39 is 10.0 Å². The monoisotopic (exact) mass is 301 g/mol. The van der Waals surface area contributed by atoms with E-state index in [9.17, 15) is 8.42 Å². The Hall–Kier alpha value is -0.580. The quantitative estimate of drug-likeness (QED) is 0.804. The molecule has 3 nitrogen and oxygen atoms in total. The Morgan fingerprint density at radius 2 is 1.89 bits per heavy atom. The molecule has 1 aromatic rings. The molecule has 0 aliphatic carbocycles. The zero-order valence-electron chi connectivity index (χ0n) is 11.2. The van der Waals surface area contributed by atoms with Gasteiger partial charge in [-0.2, -0.15) is 4.31 Å². The van der Waals surface area contributed by atoms with Crippen molar-refractivity contribution in [1.82, 2.24) is 4.31 Å². The zero-order valence-corrected chi connectivity index (χ0v) is 12.8. The van der Waals surface area contributed by atoms with Crippen LogP contribution in [0, 0.1) is 5.92 Å². The Labute approximate surface area is 120 Å². The molecule has 0 saturated carbocycles. The summed E-state index contributed by atoms with van der Waals surface area (Å²) in [7, 11) is -3.34. The highest BCUT2D eigenvalue weighted by Crippen LogP contribution is 2.23. The first-order valence-electron chi connectivity index (χ1n) is 6.69. The van der Waals surface area contributed by atoms with E-state index in [1.165, 1.54) is 0 Å². The summed E-state index contributed by atoms with van der Waals surface area (Å²) in [6, 6.07) is 6.86. The average molecular weight is 302 g/mol. The standard InChI is InChI=1S/C14H20ClNO2S/c1-12-3-2-9-16(10-8-12)19(17,18)14-6-4-13(11-15)5-7-14/h4-7,12H,2-3,8-11H2,1H3.